The molecule has 1 aromatic heterocycles. The van der Waals surface area contributed by atoms with Crippen LogP contribution in [0, 0.1) is 6.92 Å². The molecule has 5 heteroatoms. The lowest BCUT2D eigenvalue weighted by Gasteiger charge is -2.08. The quantitative estimate of drug-likeness (QED) is 0.831. The van der Waals surface area contributed by atoms with E-state index in [-0.39, 0.29) is 0 Å². The lowest BCUT2D eigenvalue weighted by molar-refractivity contribution is 0.412. The van der Waals surface area contributed by atoms with Crippen LogP contribution in [-0.2, 0) is 13.1 Å². The first kappa shape index (κ1) is 14.1. The van der Waals surface area contributed by atoms with E-state index >= 15 is 0 Å². The van der Waals surface area contributed by atoms with Gasteiger partial charge in [0.15, 0.2) is 0 Å². The predicted molar refractivity (Wildman–Crippen MR) is 79.4 cm³/mol. The van der Waals surface area contributed by atoms with Crippen molar-refractivity contribution in [1.29, 1.82) is 0 Å². The number of rotatable bonds is 6. The van der Waals surface area contributed by atoms with Crippen LogP contribution >= 0.6 is 15.9 Å². The van der Waals surface area contributed by atoms with E-state index in [9.17, 15) is 0 Å². The average molecular weight is 324 g/mol. The number of hydrogen-bond acceptors (Lipinski definition) is 3. The number of aryl methyl sites for hydroxylation is 1. The van der Waals surface area contributed by atoms with Crippen molar-refractivity contribution in [3.8, 4) is 5.75 Å². The van der Waals surface area contributed by atoms with E-state index < -0.39 is 0 Å². The zero-order chi connectivity index (χ0) is 13.7. The molecule has 1 aromatic carbocycles. The fourth-order valence-electron chi connectivity index (χ4n) is 1.84. The second-order valence-corrected chi connectivity index (χ2v) is 5.28. The maximum Gasteiger partial charge on any atom is 0.133 e. The number of benzene rings is 1. The van der Waals surface area contributed by atoms with Crippen LogP contribution in [0.2, 0.25) is 0 Å². The Hall–Kier alpha value is -1.33. The fourth-order valence-corrected chi connectivity index (χ4v) is 2.42. The molecular weight excluding hydrogens is 306 g/mol. The summed E-state index contributed by atoms with van der Waals surface area (Å²) in [4.78, 5) is 0. The molecule has 0 aliphatic rings. The highest BCUT2D eigenvalue weighted by molar-refractivity contribution is 9.10. The van der Waals surface area contributed by atoms with Gasteiger partial charge in [-0.3, -0.25) is 4.68 Å². The van der Waals surface area contributed by atoms with E-state index in [1.165, 1.54) is 11.1 Å². The Labute approximate surface area is 121 Å². The van der Waals surface area contributed by atoms with Crippen LogP contribution in [0.5, 0.6) is 5.75 Å². The molecule has 0 bridgehead atoms. The number of ether oxygens (including phenoxy) is 1. The molecule has 1 N–H and O–H groups in total. The van der Waals surface area contributed by atoms with Crippen LogP contribution in [0.4, 0.5) is 0 Å². The zero-order valence-corrected chi connectivity index (χ0v) is 12.8. The standard InChI is InChI=1S/C14H18BrN3O/c1-11-8-17-18(10-11)6-5-16-9-12-3-4-14(19-2)13(15)7-12/h3-4,7-8,10,16H,5-6,9H2,1-2H3. The van der Waals surface area contributed by atoms with E-state index in [0.717, 1.165) is 29.9 Å². The molecule has 1 heterocycles. The second-order valence-electron chi connectivity index (χ2n) is 4.43. The summed E-state index contributed by atoms with van der Waals surface area (Å²) >= 11 is 3.49. The zero-order valence-electron chi connectivity index (χ0n) is 11.2. The van der Waals surface area contributed by atoms with Crippen molar-refractivity contribution in [1.82, 2.24) is 15.1 Å². The highest BCUT2D eigenvalue weighted by atomic mass is 79.9. The fraction of sp³-hybridized carbons (Fsp3) is 0.357. The van der Waals surface area contributed by atoms with Gasteiger partial charge in [0.25, 0.3) is 0 Å². The van der Waals surface area contributed by atoms with Crippen molar-refractivity contribution in [2.24, 2.45) is 0 Å². The summed E-state index contributed by atoms with van der Waals surface area (Å²) in [6.07, 6.45) is 3.92. The monoisotopic (exact) mass is 323 g/mol. The van der Waals surface area contributed by atoms with Crippen LogP contribution in [0.25, 0.3) is 0 Å². The number of nitrogens with one attached hydrogen (secondary N) is 1. The molecular formula is C14H18BrN3O. The van der Waals surface area contributed by atoms with Crippen LogP contribution in [0.3, 0.4) is 0 Å². The van der Waals surface area contributed by atoms with Gasteiger partial charge in [-0.15, -0.1) is 0 Å². The normalized spacial score (nSPS) is 10.7. The predicted octanol–water partition coefficient (Wildman–Crippen LogP) is 2.75. The SMILES string of the molecule is COc1ccc(CNCCn2cc(C)cn2)cc1Br. The Morgan fingerprint density at radius 1 is 1.42 bits per heavy atom. The highest BCUT2D eigenvalue weighted by Crippen LogP contribution is 2.25. The molecule has 0 atom stereocenters. The van der Waals surface area contributed by atoms with Gasteiger partial charge in [0.05, 0.1) is 24.3 Å². The molecule has 0 spiro atoms. The minimum atomic E-state index is 0.836. The van der Waals surface area contributed by atoms with E-state index in [1.54, 1.807) is 7.11 Å². The largest absolute Gasteiger partial charge is 0.496 e. The third-order valence-electron chi connectivity index (χ3n) is 2.83. The van der Waals surface area contributed by atoms with E-state index in [1.807, 2.05) is 30.1 Å². The van der Waals surface area contributed by atoms with Crippen molar-refractivity contribution >= 4 is 15.9 Å². The van der Waals surface area contributed by atoms with E-state index in [4.69, 9.17) is 4.74 Å². The van der Waals surface area contributed by atoms with Gasteiger partial charge in [-0.25, -0.2) is 0 Å². The molecule has 0 aliphatic carbocycles. The van der Waals surface area contributed by atoms with Crippen molar-refractivity contribution in [3.63, 3.8) is 0 Å². The van der Waals surface area contributed by atoms with Gasteiger partial charge in [0, 0.05) is 19.3 Å². The first-order valence-electron chi connectivity index (χ1n) is 6.21. The summed E-state index contributed by atoms with van der Waals surface area (Å²) in [5.74, 6) is 0.857. The minimum Gasteiger partial charge on any atom is -0.496 e. The van der Waals surface area contributed by atoms with Gasteiger partial charge < -0.3 is 10.1 Å². The molecule has 19 heavy (non-hydrogen) atoms. The van der Waals surface area contributed by atoms with Gasteiger partial charge in [0.1, 0.15) is 5.75 Å². The highest BCUT2D eigenvalue weighted by Gasteiger charge is 2.01. The molecule has 0 fully saturated rings. The molecule has 0 saturated heterocycles. The van der Waals surface area contributed by atoms with Crippen LogP contribution < -0.4 is 10.1 Å². The summed E-state index contributed by atoms with van der Waals surface area (Å²) in [6.45, 7) is 4.66. The molecule has 0 unspecified atom stereocenters. The van der Waals surface area contributed by atoms with Gasteiger partial charge >= 0.3 is 0 Å². The lowest BCUT2D eigenvalue weighted by atomic mass is 10.2. The third-order valence-corrected chi connectivity index (χ3v) is 3.45. The maximum atomic E-state index is 5.21. The Morgan fingerprint density at radius 3 is 2.89 bits per heavy atom. The summed E-state index contributed by atoms with van der Waals surface area (Å²) in [7, 11) is 1.67. The van der Waals surface area contributed by atoms with Gasteiger partial charge in [0.2, 0.25) is 0 Å². The summed E-state index contributed by atoms with van der Waals surface area (Å²) in [5.41, 5.74) is 2.42. The minimum absolute atomic E-state index is 0.836. The number of halogens is 1. The molecule has 0 amide bonds. The van der Waals surface area contributed by atoms with Crippen molar-refractivity contribution in [3.05, 3.63) is 46.2 Å². The second kappa shape index (κ2) is 6.73. The first-order valence-corrected chi connectivity index (χ1v) is 7.00. The van der Waals surface area contributed by atoms with Crippen molar-refractivity contribution in [2.75, 3.05) is 13.7 Å². The molecule has 102 valence electrons. The third kappa shape index (κ3) is 4.08. The lowest BCUT2D eigenvalue weighted by Crippen LogP contribution is -2.19. The topological polar surface area (TPSA) is 39.1 Å². The number of nitrogens with zero attached hydrogens (tertiary/aromatic N) is 2. The molecule has 0 aliphatic heterocycles. The van der Waals surface area contributed by atoms with Crippen molar-refractivity contribution < 1.29 is 4.74 Å². The number of aromatic nitrogens is 2. The Kier molecular flexibility index (Phi) is 4.99. The summed E-state index contributed by atoms with van der Waals surface area (Å²) in [6, 6.07) is 6.11. The molecule has 2 rings (SSSR count). The van der Waals surface area contributed by atoms with E-state index in [0.29, 0.717) is 0 Å². The number of hydrogen-bond donors (Lipinski definition) is 1. The smallest absolute Gasteiger partial charge is 0.133 e. The van der Waals surface area contributed by atoms with Crippen molar-refractivity contribution in [2.45, 2.75) is 20.0 Å². The van der Waals surface area contributed by atoms with Gasteiger partial charge in [-0.2, -0.15) is 5.10 Å². The van der Waals surface area contributed by atoms with E-state index in [2.05, 4.69) is 38.5 Å². The van der Waals surface area contributed by atoms with Crippen LogP contribution in [0.1, 0.15) is 11.1 Å². The Morgan fingerprint density at radius 2 is 2.26 bits per heavy atom. The average Bonchev–Trinajstić information content (AvgIpc) is 2.81. The Bertz CT molecular complexity index is 539. The summed E-state index contributed by atoms with van der Waals surface area (Å²) < 4.78 is 8.14. The van der Waals surface area contributed by atoms with Gasteiger partial charge in [-0.1, -0.05) is 6.07 Å². The maximum absolute atomic E-state index is 5.21. The first-order chi connectivity index (χ1) is 9.19. The summed E-state index contributed by atoms with van der Waals surface area (Å²) in [5, 5.41) is 7.65. The van der Waals surface area contributed by atoms with Gasteiger partial charge in [-0.05, 0) is 46.1 Å². The van der Waals surface area contributed by atoms with Crippen LogP contribution in [-0.4, -0.2) is 23.4 Å². The van der Waals surface area contributed by atoms with Crippen LogP contribution in [0.15, 0.2) is 35.1 Å². The Balaban J connectivity index is 1.78. The number of methoxy groups -OCH3 is 1. The molecule has 0 radical (unpaired) electrons. The molecule has 0 saturated carbocycles. The molecule has 4 nitrogen and oxygen atoms in total. The molecule has 2 aromatic rings.